The largest absolute Gasteiger partial charge is 0.504 e. The molecule has 0 spiro atoms. The molecule has 7 nitrogen and oxygen atoms in total. The molecule has 0 heterocycles. The van der Waals surface area contributed by atoms with Crippen LogP contribution in [-0.4, -0.2) is 62.9 Å². The van der Waals surface area contributed by atoms with Gasteiger partial charge >= 0.3 is 24.7 Å². The van der Waals surface area contributed by atoms with Crippen molar-refractivity contribution in [2.45, 2.75) is 24.7 Å². The van der Waals surface area contributed by atoms with Gasteiger partial charge in [0.2, 0.25) is 11.5 Å². The molecule has 0 radical (unpaired) electrons. The Balaban J connectivity index is -0.0000000847. The van der Waals surface area contributed by atoms with Crippen LogP contribution in [0.2, 0.25) is 0 Å². The van der Waals surface area contributed by atoms with Gasteiger partial charge in [0.05, 0.1) is 0 Å². The number of allylic oxidation sites excluding steroid dienone is 4. The van der Waals surface area contributed by atoms with Gasteiger partial charge in [-0.2, -0.15) is 52.7 Å². The minimum Gasteiger partial charge on any atom is -0.504 e. The molecule has 0 aromatic carbocycles. The van der Waals surface area contributed by atoms with Crippen molar-refractivity contribution in [3.8, 4) is 0 Å². The fraction of sp³-hybridized carbons (Fsp3) is 0.400. The summed E-state index contributed by atoms with van der Waals surface area (Å²) in [6.45, 7) is 0. The number of carbonyl (C=O) groups excluding carboxylic acids is 2. The van der Waals surface area contributed by atoms with Crippen LogP contribution in [0.3, 0.4) is 0 Å². The SMILES string of the molecule is O.O.O.O=C(/C=C(/O)C(F)(F)F)C(F)(F)F.O=C(/C=C(\O)C(F)(F)F)C(F)(F)F.[Ni]. The second-order valence-corrected chi connectivity index (χ2v) is 3.78. The van der Waals surface area contributed by atoms with Gasteiger partial charge in [-0.15, -0.1) is 0 Å². The van der Waals surface area contributed by atoms with E-state index in [0.29, 0.717) is 0 Å². The van der Waals surface area contributed by atoms with Crippen LogP contribution < -0.4 is 0 Å². The van der Waals surface area contributed by atoms with E-state index in [2.05, 4.69) is 0 Å². The topological polar surface area (TPSA) is 169 Å². The zero-order chi connectivity index (χ0) is 21.7. The van der Waals surface area contributed by atoms with Crippen molar-refractivity contribution < 1.29 is 105 Å². The first-order chi connectivity index (χ1) is 11.1. The zero-order valence-corrected chi connectivity index (χ0v) is 14.2. The summed E-state index contributed by atoms with van der Waals surface area (Å²) >= 11 is 0. The van der Waals surface area contributed by atoms with Crippen molar-refractivity contribution >= 4 is 11.6 Å². The third-order valence-electron chi connectivity index (χ3n) is 1.68. The van der Waals surface area contributed by atoms with E-state index in [1.165, 1.54) is 0 Å². The van der Waals surface area contributed by atoms with Crippen LogP contribution in [0.1, 0.15) is 0 Å². The Morgan fingerprint density at radius 2 is 0.667 bits per heavy atom. The van der Waals surface area contributed by atoms with Gasteiger partial charge in [-0.3, -0.25) is 9.59 Å². The fourth-order valence-corrected chi connectivity index (χ4v) is 0.576. The molecule has 0 unspecified atom stereocenters. The molecule has 0 aromatic rings. The van der Waals surface area contributed by atoms with Crippen LogP contribution in [0.5, 0.6) is 0 Å². The average molecular weight is 529 g/mol. The Kier molecular flexibility index (Phi) is 19.7. The van der Waals surface area contributed by atoms with Crippen molar-refractivity contribution in [3.63, 3.8) is 0 Å². The Morgan fingerprint density at radius 1 is 0.500 bits per heavy atom. The maximum Gasteiger partial charge on any atom is 0.454 e. The van der Waals surface area contributed by atoms with Crippen molar-refractivity contribution in [3.05, 3.63) is 23.7 Å². The molecule has 186 valence electrons. The first-order valence-electron chi connectivity index (χ1n) is 5.28. The third-order valence-corrected chi connectivity index (χ3v) is 1.68. The molecule has 0 bridgehead atoms. The monoisotopic (exact) mass is 528 g/mol. The average Bonchev–Trinajstić information content (AvgIpc) is 2.34. The van der Waals surface area contributed by atoms with E-state index >= 15 is 0 Å². The zero-order valence-electron chi connectivity index (χ0n) is 13.2. The first-order valence-corrected chi connectivity index (χ1v) is 5.28. The van der Waals surface area contributed by atoms with Crippen molar-refractivity contribution in [1.29, 1.82) is 0 Å². The molecule has 0 aliphatic heterocycles. The summed E-state index contributed by atoms with van der Waals surface area (Å²) in [5.41, 5.74) is 0. The number of halogens is 12. The molecule has 20 heteroatoms. The second kappa shape index (κ2) is 14.0. The van der Waals surface area contributed by atoms with Crippen LogP contribution in [0.25, 0.3) is 0 Å². The first kappa shape index (κ1) is 42.1. The molecule has 0 amide bonds. The van der Waals surface area contributed by atoms with Crippen LogP contribution >= 0.6 is 0 Å². The van der Waals surface area contributed by atoms with Gasteiger partial charge in [-0.1, -0.05) is 0 Å². The summed E-state index contributed by atoms with van der Waals surface area (Å²) < 4.78 is 136. The number of alkyl halides is 12. The summed E-state index contributed by atoms with van der Waals surface area (Å²) in [5.74, 6) is -10.7. The molecule has 0 saturated carbocycles. The van der Waals surface area contributed by atoms with Crippen LogP contribution in [-0.2, 0) is 26.1 Å². The van der Waals surface area contributed by atoms with Crippen molar-refractivity contribution in [2.24, 2.45) is 0 Å². The normalized spacial score (nSPS) is 12.5. The molecule has 8 N–H and O–H groups in total. The van der Waals surface area contributed by atoms with E-state index in [4.69, 9.17) is 10.2 Å². The molecule has 30 heavy (non-hydrogen) atoms. The minimum atomic E-state index is -5.42. The molecular weight excluding hydrogens is 519 g/mol. The van der Waals surface area contributed by atoms with Gasteiger partial charge in [0, 0.05) is 28.6 Å². The van der Waals surface area contributed by atoms with Gasteiger partial charge in [0.15, 0.2) is 0 Å². The summed E-state index contributed by atoms with van der Waals surface area (Å²) in [5, 5.41) is 15.9. The molecule has 0 rings (SSSR count). The Labute approximate surface area is 166 Å². The number of ketones is 2. The molecule has 0 saturated heterocycles. The summed E-state index contributed by atoms with van der Waals surface area (Å²) in [7, 11) is 0. The molecule has 0 aromatic heterocycles. The quantitative estimate of drug-likeness (QED) is 0.241. The third kappa shape index (κ3) is 18.0. The van der Waals surface area contributed by atoms with E-state index in [-0.39, 0.29) is 32.9 Å². The Morgan fingerprint density at radius 3 is 0.767 bits per heavy atom. The maximum absolute atomic E-state index is 11.4. The minimum absolute atomic E-state index is 0. The number of aliphatic hydroxyl groups is 2. The van der Waals surface area contributed by atoms with Crippen LogP contribution in [0, 0.1) is 0 Å². The van der Waals surface area contributed by atoms with E-state index in [9.17, 15) is 62.3 Å². The Hall–Kier alpha value is -2.05. The predicted octanol–water partition coefficient (Wildman–Crippen LogP) is 1.77. The Bertz CT molecular complexity index is 534. The molecular formula is C10H10F12NiO7. The number of aliphatic hydroxyl groups excluding tert-OH is 2. The van der Waals surface area contributed by atoms with Gasteiger partial charge in [-0.25, -0.2) is 0 Å². The smallest absolute Gasteiger partial charge is 0.454 e. The van der Waals surface area contributed by atoms with E-state index in [1.807, 2.05) is 0 Å². The van der Waals surface area contributed by atoms with Crippen LogP contribution in [0.4, 0.5) is 52.7 Å². The predicted molar refractivity (Wildman–Crippen MR) is 66.5 cm³/mol. The summed E-state index contributed by atoms with van der Waals surface area (Å²) in [4.78, 5) is 19.7. The second-order valence-electron chi connectivity index (χ2n) is 3.78. The summed E-state index contributed by atoms with van der Waals surface area (Å²) in [6, 6.07) is 0. The molecule has 0 fully saturated rings. The number of hydrogen-bond acceptors (Lipinski definition) is 4. The number of carbonyl (C=O) groups is 2. The molecule has 0 aliphatic rings. The maximum atomic E-state index is 11.4. The van der Waals surface area contributed by atoms with E-state index < -0.39 is 59.9 Å². The van der Waals surface area contributed by atoms with Crippen molar-refractivity contribution in [1.82, 2.24) is 0 Å². The fourth-order valence-electron chi connectivity index (χ4n) is 0.576. The molecule has 0 atom stereocenters. The summed E-state index contributed by atoms with van der Waals surface area (Å²) in [6.07, 6.45) is -23.4. The number of rotatable bonds is 2. The van der Waals surface area contributed by atoms with E-state index in [1.54, 1.807) is 0 Å². The van der Waals surface area contributed by atoms with Crippen molar-refractivity contribution in [2.75, 3.05) is 0 Å². The molecule has 0 aliphatic carbocycles. The number of hydrogen-bond donors (Lipinski definition) is 2. The van der Waals surface area contributed by atoms with Crippen LogP contribution in [0.15, 0.2) is 23.7 Å². The van der Waals surface area contributed by atoms with E-state index in [0.717, 1.165) is 0 Å². The van der Waals surface area contributed by atoms with Gasteiger partial charge in [0.1, 0.15) is 0 Å². The van der Waals surface area contributed by atoms with Gasteiger partial charge in [0.25, 0.3) is 11.6 Å². The van der Waals surface area contributed by atoms with Gasteiger partial charge in [-0.05, 0) is 0 Å². The van der Waals surface area contributed by atoms with Gasteiger partial charge < -0.3 is 26.6 Å². The standard InChI is InChI=1S/2C5H2F6O2.Ni.3H2O/c2*6-4(7,8)2(12)1-3(13)5(9,10)11;;;;/h2*1,12H;;3*1H2/b2-1+;2-1-;;;;.